The average Bonchev–Trinajstić information content (AvgIpc) is 2.69. The van der Waals surface area contributed by atoms with E-state index in [2.05, 4.69) is 26.1 Å². The lowest BCUT2D eigenvalue weighted by Crippen LogP contribution is -2.51. The molecule has 2 atom stereocenters. The minimum absolute atomic E-state index is 0.0430. The molecule has 0 bridgehead atoms. The van der Waals surface area contributed by atoms with Crippen molar-refractivity contribution in [3.8, 4) is 0 Å². The zero-order valence-corrected chi connectivity index (χ0v) is 16.8. The molecule has 0 saturated heterocycles. The Morgan fingerprint density at radius 2 is 1.48 bits per heavy atom. The summed E-state index contributed by atoms with van der Waals surface area (Å²) in [6.07, 6.45) is 2.82. The van der Waals surface area contributed by atoms with Crippen LogP contribution in [0.5, 0.6) is 0 Å². The van der Waals surface area contributed by atoms with Gasteiger partial charge in [0, 0.05) is 13.0 Å². The summed E-state index contributed by atoms with van der Waals surface area (Å²) in [5, 5.41) is 41.1. The first kappa shape index (κ1) is 25.3. The molecule has 1 aromatic heterocycles. The number of nitrogens with one attached hydrogen (secondary N) is 3. The van der Waals surface area contributed by atoms with Gasteiger partial charge in [0.2, 0.25) is 0 Å². The molecule has 13 nitrogen and oxygen atoms in total. The number of carboxylic acid groups (broad SMARTS) is 3. The number of amides is 3. The van der Waals surface area contributed by atoms with Crippen LogP contribution in [0.25, 0.3) is 0 Å². The van der Waals surface area contributed by atoms with Gasteiger partial charge in [-0.1, -0.05) is 0 Å². The van der Waals surface area contributed by atoms with Gasteiger partial charge >= 0.3 is 23.9 Å². The Morgan fingerprint density at radius 3 is 2.03 bits per heavy atom. The first-order chi connectivity index (χ1) is 14.6. The van der Waals surface area contributed by atoms with Gasteiger partial charge in [-0.15, -0.1) is 0 Å². The molecular formula is C18H25N5O8. The minimum atomic E-state index is -1.47. The predicted octanol–water partition coefficient (Wildman–Crippen LogP) is -0.244. The third-order valence-electron chi connectivity index (χ3n) is 4.23. The van der Waals surface area contributed by atoms with Crippen LogP contribution >= 0.6 is 0 Å². The Balaban J connectivity index is 2.43. The summed E-state index contributed by atoms with van der Waals surface area (Å²) < 4.78 is 0. The molecule has 13 heteroatoms. The van der Waals surface area contributed by atoms with Gasteiger partial charge in [-0.2, -0.15) is 10.2 Å². The highest BCUT2D eigenvalue weighted by molar-refractivity contribution is 5.95. The Labute approximate surface area is 177 Å². The Bertz CT molecular complexity index is 816. The molecule has 1 rings (SSSR count). The fourth-order valence-corrected chi connectivity index (χ4v) is 2.53. The van der Waals surface area contributed by atoms with E-state index in [9.17, 15) is 29.1 Å². The number of carbonyl (C=O) groups is 5. The molecule has 1 aromatic rings. The fourth-order valence-electron chi connectivity index (χ4n) is 2.53. The largest absolute Gasteiger partial charge is 0.481 e. The molecule has 6 N–H and O–H groups in total. The number of carbonyl (C=O) groups excluding carboxylic acids is 2. The van der Waals surface area contributed by atoms with E-state index in [0.29, 0.717) is 24.0 Å². The molecule has 0 radical (unpaired) electrons. The van der Waals surface area contributed by atoms with E-state index >= 15 is 0 Å². The molecule has 0 aliphatic rings. The van der Waals surface area contributed by atoms with Gasteiger partial charge in [0.25, 0.3) is 5.91 Å². The second-order valence-electron chi connectivity index (χ2n) is 6.67. The molecule has 31 heavy (non-hydrogen) atoms. The maximum Gasteiger partial charge on any atom is 0.326 e. The van der Waals surface area contributed by atoms with E-state index < -0.39 is 42.4 Å². The highest BCUT2D eigenvalue weighted by atomic mass is 16.4. The molecule has 0 aliphatic carbocycles. The van der Waals surface area contributed by atoms with Crippen molar-refractivity contribution in [2.75, 3.05) is 6.54 Å². The van der Waals surface area contributed by atoms with Crippen molar-refractivity contribution in [1.29, 1.82) is 0 Å². The standard InChI is InChI=1S/C18H25N5O8/c1-10-8-20-21-9-11(10)15(26)19-7-3-2-4-12(16(27)28)22-18(31)23-13(17(29)30)5-6-14(24)25/h8-9,12-13H,2-7H2,1H3,(H,19,26)(H,24,25)(H,27,28)(H,29,30)(H2,22,23,31)/t12-,13-/m0/s1. The smallest absolute Gasteiger partial charge is 0.326 e. The van der Waals surface area contributed by atoms with Gasteiger partial charge in [-0.3, -0.25) is 9.59 Å². The molecule has 1 heterocycles. The minimum Gasteiger partial charge on any atom is -0.481 e. The van der Waals surface area contributed by atoms with Crippen LogP contribution in [0.4, 0.5) is 4.79 Å². The monoisotopic (exact) mass is 439 g/mol. The molecule has 0 aromatic carbocycles. The first-order valence-corrected chi connectivity index (χ1v) is 9.41. The van der Waals surface area contributed by atoms with Crippen molar-refractivity contribution in [1.82, 2.24) is 26.1 Å². The van der Waals surface area contributed by atoms with Gasteiger partial charge in [0.1, 0.15) is 12.1 Å². The number of carboxylic acids is 3. The Kier molecular flexibility index (Phi) is 10.4. The molecule has 0 unspecified atom stereocenters. The first-order valence-electron chi connectivity index (χ1n) is 9.41. The summed E-state index contributed by atoms with van der Waals surface area (Å²) in [6, 6.07) is -3.78. The van der Waals surface area contributed by atoms with Crippen LogP contribution in [-0.2, 0) is 14.4 Å². The van der Waals surface area contributed by atoms with Crippen LogP contribution in [0, 0.1) is 6.92 Å². The zero-order valence-electron chi connectivity index (χ0n) is 16.8. The molecule has 0 aliphatic heterocycles. The number of hydrogen-bond donors (Lipinski definition) is 6. The van der Waals surface area contributed by atoms with E-state index in [1.807, 2.05) is 0 Å². The molecule has 170 valence electrons. The predicted molar refractivity (Wildman–Crippen MR) is 104 cm³/mol. The van der Waals surface area contributed by atoms with E-state index in [4.69, 9.17) is 10.2 Å². The summed E-state index contributed by atoms with van der Waals surface area (Å²) in [6.45, 7) is 1.99. The van der Waals surface area contributed by atoms with Crippen LogP contribution in [0.2, 0.25) is 0 Å². The average molecular weight is 439 g/mol. The van der Waals surface area contributed by atoms with Crippen LogP contribution in [0.1, 0.15) is 48.0 Å². The highest BCUT2D eigenvalue weighted by Crippen LogP contribution is 2.05. The highest BCUT2D eigenvalue weighted by Gasteiger charge is 2.24. The summed E-state index contributed by atoms with van der Waals surface area (Å²) >= 11 is 0. The van der Waals surface area contributed by atoms with Crippen LogP contribution in [0.15, 0.2) is 12.4 Å². The molecule has 3 amide bonds. The van der Waals surface area contributed by atoms with Crippen LogP contribution in [-0.4, -0.2) is 74.0 Å². The topological polar surface area (TPSA) is 208 Å². The molecule has 0 spiro atoms. The number of urea groups is 1. The van der Waals surface area contributed by atoms with Gasteiger partial charge in [0.05, 0.1) is 18.0 Å². The van der Waals surface area contributed by atoms with E-state index in [1.165, 1.54) is 12.4 Å². The van der Waals surface area contributed by atoms with Crippen molar-refractivity contribution in [2.45, 2.75) is 51.1 Å². The normalized spacial score (nSPS) is 12.3. The maximum absolute atomic E-state index is 12.0. The molecule has 0 saturated carbocycles. The Hall–Kier alpha value is -3.77. The van der Waals surface area contributed by atoms with E-state index in [1.54, 1.807) is 6.92 Å². The van der Waals surface area contributed by atoms with Gasteiger partial charge < -0.3 is 31.3 Å². The third-order valence-corrected chi connectivity index (χ3v) is 4.23. The second-order valence-corrected chi connectivity index (χ2v) is 6.67. The molecule has 0 fully saturated rings. The lowest BCUT2D eigenvalue weighted by molar-refractivity contribution is -0.140. The van der Waals surface area contributed by atoms with Gasteiger partial charge in [0.15, 0.2) is 0 Å². The zero-order chi connectivity index (χ0) is 23.4. The van der Waals surface area contributed by atoms with E-state index in [-0.39, 0.29) is 25.3 Å². The summed E-state index contributed by atoms with van der Waals surface area (Å²) in [5.41, 5.74) is 1.05. The van der Waals surface area contributed by atoms with Crippen molar-refractivity contribution in [2.24, 2.45) is 0 Å². The Morgan fingerprint density at radius 1 is 0.903 bits per heavy atom. The SMILES string of the molecule is Cc1cnncc1C(=O)NCCCC[C@H](NC(=O)N[C@@H](CCC(=O)O)C(=O)O)C(=O)O. The van der Waals surface area contributed by atoms with Crippen LogP contribution < -0.4 is 16.0 Å². The lowest BCUT2D eigenvalue weighted by Gasteiger charge is -2.18. The number of aliphatic carboxylic acids is 3. The number of aromatic nitrogens is 2. The third kappa shape index (κ3) is 9.51. The number of hydrogen-bond acceptors (Lipinski definition) is 7. The van der Waals surface area contributed by atoms with Crippen LogP contribution in [0.3, 0.4) is 0 Å². The number of rotatable bonds is 13. The summed E-state index contributed by atoms with van der Waals surface area (Å²) in [7, 11) is 0. The quantitative estimate of drug-likeness (QED) is 0.222. The van der Waals surface area contributed by atoms with E-state index in [0.717, 1.165) is 0 Å². The van der Waals surface area contributed by atoms with Crippen molar-refractivity contribution >= 4 is 29.8 Å². The van der Waals surface area contributed by atoms with Gasteiger partial charge in [-0.25, -0.2) is 14.4 Å². The van der Waals surface area contributed by atoms with Crippen molar-refractivity contribution in [3.63, 3.8) is 0 Å². The lowest BCUT2D eigenvalue weighted by atomic mass is 10.1. The fraction of sp³-hybridized carbons (Fsp3) is 0.500. The number of nitrogens with zero attached hydrogens (tertiary/aromatic N) is 2. The van der Waals surface area contributed by atoms with Crippen molar-refractivity contribution in [3.05, 3.63) is 23.5 Å². The summed E-state index contributed by atoms with van der Waals surface area (Å²) in [5.74, 6) is -4.30. The van der Waals surface area contributed by atoms with Crippen molar-refractivity contribution < 1.29 is 39.3 Å². The second kappa shape index (κ2) is 12.7. The number of aryl methyl sites for hydroxylation is 1. The molecular weight excluding hydrogens is 414 g/mol. The van der Waals surface area contributed by atoms with Gasteiger partial charge in [-0.05, 0) is 38.2 Å². The maximum atomic E-state index is 12.0. The number of unbranched alkanes of at least 4 members (excludes halogenated alkanes) is 1. The summed E-state index contributed by atoms with van der Waals surface area (Å²) in [4.78, 5) is 57.0.